The first kappa shape index (κ1) is 20.0. The number of halogens is 3. The molecule has 0 saturated heterocycles. The molecule has 0 heterocycles. The summed E-state index contributed by atoms with van der Waals surface area (Å²) in [6, 6.07) is 8.26. The van der Waals surface area contributed by atoms with Crippen LogP contribution in [0.1, 0.15) is 56.6 Å². The molecule has 0 amide bonds. The highest BCUT2D eigenvalue weighted by Gasteiger charge is 2.25. The highest BCUT2D eigenvalue weighted by atomic mass is 19.4. The largest absolute Gasteiger partial charge is 0.394 e. The first-order valence-electron chi connectivity index (χ1n) is 8.26. The average Bonchev–Trinajstić information content (AvgIpc) is 2.49. The Morgan fingerprint density at radius 3 is 1.91 bits per heavy atom. The van der Waals surface area contributed by atoms with Crippen LogP contribution in [0, 0.1) is 0 Å². The number of alkyl halides is 3. The Bertz CT molecular complexity index is 441. The lowest BCUT2D eigenvalue weighted by Gasteiger charge is -2.21. The van der Waals surface area contributed by atoms with Crippen molar-refractivity contribution in [2.24, 2.45) is 5.73 Å². The molecule has 1 rings (SSSR count). The zero-order chi connectivity index (χ0) is 17.3. The van der Waals surface area contributed by atoms with Gasteiger partial charge in [-0.25, -0.2) is 0 Å². The topological polar surface area (TPSA) is 46.2 Å². The molecule has 1 unspecified atom stereocenters. The average molecular weight is 331 g/mol. The standard InChI is InChI=1S/C18H28F3NO/c1-17(22,14-23)13-11-16-9-7-15(8-10-16)6-4-2-3-5-12-18(19,20)21/h7-10,23H,2-6,11-14,22H2,1H3. The molecule has 0 radical (unpaired) electrons. The van der Waals surface area contributed by atoms with Crippen LogP contribution in [0.15, 0.2) is 24.3 Å². The summed E-state index contributed by atoms with van der Waals surface area (Å²) >= 11 is 0. The van der Waals surface area contributed by atoms with Gasteiger partial charge >= 0.3 is 6.18 Å². The van der Waals surface area contributed by atoms with E-state index in [1.807, 2.05) is 6.92 Å². The van der Waals surface area contributed by atoms with E-state index in [1.54, 1.807) is 0 Å². The molecular formula is C18H28F3NO. The molecule has 0 aliphatic carbocycles. The summed E-state index contributed by atoms with van der Waals surface area (Å²) in [7, 11) is 0. The second kappa shape index (κ2) is 9.28. The summed E-state index contributed by atoms with van der Waals surface area (Å²) in [5, 5.41) is 9.13. The summed E-state index contributed by atoms with van der Waals surface area (Å²) in [5.74, 6) is 0. The van der Waals surface area contributed by atoms with Gasteiger partial charge in [-0.15, -0.1) is 0 Å². The molecule has 23 heavy (non-hydrogen) atoms. The van der Waals surface area contributed by atoms with Crippen molar-refractivity contribution >= 4 is 0 Å². The zero-order valence-electron chi connectivity index (χ0n) is 13.8. The molecule has 0 spiro atoms. The lowest BCUT2D eigenvalue weighted by Crippen LogP contribution is -2.40. The summed E-state index contributed by atoms with van der Waals surface area (Å²) in [6.45, 7) is 1.81. The van der Waals surface area contributed by atoms with Crippen LogP contribution in [0.25, 0.3) is 0 Å². The molecule has 0 saturated carbocycles. The molecule has 1 aromatic rings. The third-order valence-corrected chi connectivity index (χ3v) is 4.04. The van der Waals surface area contributed by atoms with Gasteiger partial charge in [0.15, 0.2) is 0 Å². The first-order valence-corrected chi connectivity index (χ1v) is 8.26. The van der Waals surface area contributed by atoms with Gasteiger partial charge in [-0.2, -0.15) is 13.2 Å². The minimum Gasteiger partial charge on any atom is -0.394 e. The number of aryl methyl sites for hydroxylation is 2. The van der Waals surface area contributed by atoms with Gasteiger partial charge in [-0.05, 0) is 50.2 Å². The molecule has 0 aliphatic heterocycles. The maximum atomic E-state index is 12.0. The van der Waals surface area contributed by atoms with Crippen LogP contribution in [-0.4, -0.2) is 23.4 Å². The van der Waals surface area contributed by atoms with Crippen molar-refractivity contribution in [1.29, 1.82) is 0 Å². The third kappa shape index (κ3) is 9.61. The van der Waals surface area contributed by atoms with E-state index in [2.05, 4.69) is 24.3 Å². The Balaban J connectivity index is 2.21. The lowest BCUT2D eigenvalue weighted by molar-refractivity contribution is -0.135. The van der Waals surface area contributed by atoms with Crippen molar-refractivity contribution in [1.82, 2.24) is 0 Å². The number of hydrogen-bond acceptors (Lipinski definition) is 2. The summed E-state index contributed by atoms with van der Waals surface area (Å²) in [6.07, 6.45) is 0.368. The predicted octanol–water partition coefficient (Wildman–Crippen LogP) is 4.38. The van der Waals surface area contributed by atoms with Crippen LogP contribution < -0.4 is 5.73 Å². The number of aliphatic hydroxyl groups is 1. The fourth-order valence-corrected chi connectivity index (χ4v) is 2.39. The Kier molecular flexibility index (Phi) is 8.06. The van der Waals surface area contributed by atoms with Crippen molar-refractivity contribution in [3.63, 3.8) is 0 Å². The Morgan fingerprint density at radius 2 is 1.39 bits per heavy atom. The smallest absolute Gasteiger partial charge is 0.389 e. The van der Waals surface area contributed by atoms with Crippen LogP contribution in [0.5, 0.6) is 0 Å². The SMILES string of the molecule is CC(N)(CO)CCc1ccc(CCCCCCC(F)(F)F)cc1. The number of nitrogens with two attached hydrogens (primary N) is 1. The van der Waals surface area contributed by atoms with E-state index in [0.29, 0.717) is 6.42 Å². The Morgan fingerprint density at radius 1 is 0.870 bits per heavy atom. The number of rotatable bonds is 10. The molecule has 0 fully saturated rings. The van der Waals surface area contributed by atoms with Gasteiger partial charge in [0.2, 0.25) is 0 Å². The fraction of sp³-hybridized carbons (Fsp3) is 0.667. The van der Waals surface area contributed by atoms with Crippen molar-refractivity contribution in [2.45, 2.75) is 70.0 Å². The van der Waals surface area contributed by atoms with Crippen LogP contribution in [-0.2, 0) is 12.8 Å². The van der Waals surface area contributed by atoms with Crippen molar-refractivity contribution in [2.75, 3.05) is 6.61 Å². The van der Waals surface area contributed by atoms with E-state index >= 15 is 0 Å². The van der Waals surface area contributed by atoms with Gasteiger partial charge in [0.25, 0.3) is 0 Å². The molecule has 0 bridgehead atoms. The van der Waals surface area contributed by atoms with Crippen molar-refractivity contribution < 1.29 is 18.3 Å². The second-order valence-electron chi connectivity index (χ2n) is 6.66. The third-order valence-electron chi connectivity index (χ3n) is 4.04. The van der Waals surface area contributed by atoms with E-state index in [-0.39, 0.29) is 13.0 Å². The normalized spacial score (nSPS) is 14.7. The Labute approximate surface area is 136 Å². The summed E-state index contributed by atoms with van der Waals surface area (Å²) in [4.78, 5) is 0. The first-order chi connectivity index (χ1) is 10.7. The maximum Gasteiger partial charge on any atom is 0.389 e. The molecule has 3 N–H and O–H groups in total. The molecule has 5 heteroatoms. The van der Waals surface area contributed by atoms with Gasteiger partial charge in [0, 0.05) is 12.0 Å². The quantitative estimate of drug-likeness (QED) is 0.625. The minimum absolute atomic E-state index is 0.0284. The van der Waals surface area contributed by atoms with Gasteiger partial charge < -0.3 is 10.8 Å². The molecule has 2 nitrogen and oxygen atoms in total. The molecule has 1 aromatic carbocycles. The van der Waals surface area contributed by atoms with Gasteiger partial charge in [-0.1, -0.05) is 37.1 Å². The predicted molar refractivity (Wildman–Crippen MR) is 87.3 cm³/mol. The minimum atomic E-state index is -4.02. The number of unbranched alkanes of at least 4 members (excludes halogenated alkanes) is 3. The zero-order valence-corrected chi connectivity index (χ0v) is 13.8. The number of aliphatic hydroxyl groups excluding tert-OH is 1. The van der Waals surface area contributed by atoms with Crippen molar-refractivity contribution in [3.8, 4) is 0 Å². The fourth-order valence-electron chi connectivity index (χ4n) is 2.39. The molecule has 0 aromatic heterocycles. The van der Waals surface area contributed by atoms with E-state index in [0.717, 1.165) is 32.1 Å². The van der Waals surface area contributed by atoms with Gasteiger partial charge in [-0.3, -0.25) is 0 Å². The molecule has 1 atom stereocenters. The van der Waals surface area contributed by atoms with Crippen LogP contribution in [0.3, 0.4) is 0 Å². The van der Waals surface area contributed by atoms with Crippen LogP contribution >= 0.6 is 0 Å². The highest BCUT2D eigenvalue weighted by molar-refractivity contribution is 5.23. The maximum absolute atomic E-state index is 12.0. The van der Waals surface area contributed by atoms with Crippen molar-refractivity contribution in [3.05, 3.63) is 35.4 Å². The van der Waals surface area contributed by atoms with Crippen LogP contribution in [0.4, 0.5) is 13.2 Å². The lowest BCUT2D eigenvalue weighted by atomic mass is 9.94. The summed E-state index contributed by atoms with van der Waals surface area (Å²) in [5.41, 5.74) is 7.75. The van der Waals surface area contributed by atoms with Gasteiger partial charge in [0.1, 0.15) is 0 Å². The number of benzene rings is 1. The second-order valence-corrected chi connectivity index (χ2v) is 6.66. The van der Waals surface area contributed by atoms with Crippen LogP contribution in [0.2, 0.25) is 0 Å². The van der Waals surface area contributed by atoms with E-state index < -0.39 is 18.1 Å². The highest BCUT2D eigenvalue weighted by Crippen LogP contribution is 2.23. The molecular weight excluding hydrogens is 303 g/mol. The Hall–Kier alpha value is -1.07. The molecule has 0 aliphatic rings. The van der Waals surface area contributed by atoms with E-state index in [4.69, 9.17) is 10.8 Å². The number of hydrogen-bond donors (Lipinski definition) is 2. The van der Waals surface area contributed by atoms with E-state index in [1.165, 1.54) is 11.1 Å². The van der Waals surface area contributed by atoms with Gasteiger partial charge in [0.05, 0.1) is 6.61 Å². The summed E-state index contributed by atoms with van der Waals surface area (Å²) < 4.78 is 36.0. The van der Waals surface area contributed by atoms with E-state index in [9.17, 15) is 13.2 Å². The monoisotopic (exact) mass is 331 g/mol. The molecule has 132 valence electrons.